The molecule has 1 aliphatic rings. The minimum absolute atomic E-state index is 0.398. The van der Waals surface area contributed by atoms with Crippen molar-refractivity contribution in [3.8, 4) is 6.07 Å². The summed E-state index contributed by atoms with van der Waals surface area (Å²) in [6, 6.07) is 13.0. The maximum Gasteiger partial charge on any atom is 0.105 e. The lowest BCUT2D eigenvalue weighted by Gasteiger charge is -2.37. The Morgan fingerprint density at radius 2 is 1.86 bits per heavy atom. The number of piperazine rings is 1. The van der Waals surface area contributed by atoms with Crippen molar-refractivity contribution in [2.24, 2.45) is 0 Å². The maximum absolute atomic E-state index is 9.30. The smallest absolute Gasteiger partial charge is 0.105 e. The van der Waals surface area contributed by atoms with E-state index in [1.54, 1.807) is 0 Å². The van der Waals surface area contributed by atoms with E-state index in [-0.39, 0.29) is 0 Å². The molecular weight excluding hydrogens is 260 g/mol. The molecule has 1 aromatic carbocycles. The summed E-state index contributed by atoms with van der Waals surface area (Å²) in [5.74, 6) is 0. The Balaban J connectivity index is 1.78. The van der Waals surface area contributed by atoms with Gasteiger partial charge in [0.05, 0.1) is 6.07 Å². The second-order valence-corrected chi connectivity index (χ2v) is 5.89. The van der Waals surface area contributed by atoms with E-state index >= 15 is 0 Å². The number of hydrogen-bond donors (Lipinski definition) is 1. The molecule has 2 rings (SSSR count). The molecular formula is C17H26N4. The quantitative estimate of drug-likeness (QED) is 0.869. The molecule has 0 radical (unpaired) electrons. The third-order valence-electron chi connectivity index (χ3n) is 4.24. The van der Waals surface area contributed by atoms with E-state index in [1.807, 2.05) is 13.8 Å². The molecule has 114 valence electrons. The predicted octanol–water partition coefficient (Wildman–Crippen LogP) is 2.09. The molecule has 1 aliphatic heterocycles. The van der Waals surface area contributed by atoms with Gasteiger partial charge in [-0.05, 0) is 32.0 Å². The lowest BCUT2D eigenvalue weighted by Crippen LogP contribution is -2.49. The average Bonchev–Trinajstić information content (AvgIpc) is 2.55. The fraction of sp³-hybridized carbons (Fsp3) is 0.588. The Morgan fingerprint density at radius 3 is 2.43 bits per heavy atom. The van der Waals surface area contributed by atoms with Crippen LogP contribution in [0.5, 0.6) is 0 Å². The molecule has 1 aromatic rings. The maximum atomic E-state index is 9.30. The Bertz CT molecular complexity index is 459. The van der Waals surface area contributed by atoms with E-state index < -0.39 is 5.54 Å². The summed E-state index contributed by atoms with van der Waals surface area (Å²) in [5, 5.41) is 12.6. The van der Waals surface area contributed by atoms with Crippen LogP contribution >= 0.6 is 0 Å². The van der Waals surface area contributed by atoms with Gasteiger partial charge in [0.2, 0.25) is 0 Å². The van der Waals surface area contributed by atoms with Crippen LogP contribution in [0.1, 0.15) is 20.3 Å². The van der Waals surface area contributed by atoms with E-state index in [4.69, 9.17) is 0 Å². The van der Waals surface area contributed by atoms with Gasteiger partial charge < -0.3 is 4.90 Å². The lowest BCUT2D eigenvalue weighted by atomic mass is 9.99. The van der Waals surface area contributed by atoms with Crippen molar-refractivity contribution in [3.63, 3.8) is 0 Å². The van der Waals surface area contributed by atoms with Crippen LogP contribution in [-0.2, 0) is 0 Å². The highest BCUT2D eigenvalue weighted by Crippen LogP contribution is 2.16. The molecule has 0 bridgehead atoms. The third kappa shape index (κ3) is 4.45. The van der Waals surface area contributed by atoms with Gasteiger partial charge in [0, 0.05) is 38.4 Å². The molecule has 4 nitrogen and oxygen atoms in total. The highest BCUT2D eigenvalue weighted by Gasteiger charge is 2.24. The van der Waals surface area contributed by atoms with Crippen molar-refractivity contribution in [1.29, 1.82) is 5.26 Å². The first-order valence-corrected chi connectivity index (χ1v) is 7.85. The Kier molecular flexibility index (Phi) is 5.60. The van der Waals surface area contributed by atoms with Gasteiger partial charge in [-0.25, -0.2) is 0 Å². The highest BCUT2D eigenvalue weighted by molar-refractivity contribution is 5.46. The first-order valence-electron chi connectivity index (χ1n) is 7.85. The zero-order valence-corrected chi connectivity index (χ0v) is 13.2. The number of nitrogens with zero attached hydrogens (tertiary/aromatic N) is 3. The van der Waals surface area contributed by atoms with Gasteiger partial charge in [-0.1, -0.05) is 25.1 Å². The fourth-order valence-corrected chi connectivity index (χ4v) is 2.82. The van der Waals surface area contributed by atoms with Crippen molar-refractivity contribution in [2.75, 3.05) is 44.2 Å². The van der Waals surface area contributed by atoms with Crippen molar-refractivity contribution >= 4 is 5.69 Å². The van der Waals surface area contributed by atoms with Gasteiger partial charge in [0.1, 0.15) is 5.54 Å². The van der Waals surface area contributed by atoms with Crippen LogP contribution < -0.4 is 10.2 Å². The van der Waals surface area contributed by atoms with Crippen molar-refractivity contribution in [3.05, 3.63) is 30.3 Å². The summed E-state index contributed by atoms with van der Waals surface area (Å²) in [5.41, 5.74) is 0.914. The standard InChI is InChI=1S/C17H26N4/c1-3-19-17(2,15-18)9-10-20-11-13-21(14-12-20)16-7-5-4-6-8-16/h4-8,19H,3,9-14H2,1-2H3. The van der Waals surface area contributed by atoms with Crippen molar-refractivity contribution in [2.45, 2.75) is 25.8 Å². The van der Waals surface area contributed by atoms with Crippen LogP contribution in [0.2, 0.25) is 0 Å². The molecule has 1 heterocycles. The van der Waals surface area contributed by atoms with Crippen LogP contribution in [0.25, 0.3) is 0 Å². The number of hydrogen-bond acceptors (Lipinski definition) is 4. The number of rotatable bonds is 6. The molecule has 0 aromatic heterocycles. The third-order valence-corrected chi connectivity index (χ3v) is 4.24. The average molecular weight is 286 g/mol. The molecule has 0 saturated carbocycles. The summed E-state index contributed by atoms with van der Waals surface area (Å²) in [6.45, 7) is 10.1. The van der Waals surface area contributed by atoms with Gasteiger partial charge in [0.25, 0.3) is 0 Å². The van der Waals surface area contributed by atoms with Gasteiger partial charge >= 0.3 is 0 Å². The molecule has 21 heavy (non-hydrogen) atoms. The predicted molar refractivity (Wildman–Crippen MR) is 87.4 cm³/mol. The Morgan fingerprint density at radius 1 is 1.19 bits per heavy atom. The molecule has 4 heteroatoms. The topological polar surface area (TPSA) is 42.3 Å². The first-order chi connectivity index (χ1) is 10.2. The Hall–Kier alpha value is -1.57. The van der Waals surface area contributed by atoms with Crippen molar-refractivity contribution in [1.82, 2.24) is 10.2 Å². The van der Waals surface area contributed by atoms with Crippen LogP contribution in [-0.4, -0.2) is 49.7 Å². The molecule has 0 aliphatic carbocycles. The minimum atomic E-state index is -0.398. The summed E-state index contributed by atoms with van der Waals surface area (Å²) < 4.78 is 0. The molecule has 1 saturated heterocycles. The SMILES string of the molecule is CCNC(C)(C#N)CCN1CCN(c2ccccc2)CC1. The first kappa shape index (κ1) is 15.8. The monoisotopic (exact) mass is 286 g/mol. The van der Waals surface area contributed by atoms with Crippen LogP contribution in [0.15, 0.2) is 30.3 Å². The van der Waals surface area contributed by atoms with Crippen LogP contribution in [0, 0.1) is 11.3 Å². The highest BCUT2D eigenvalue weighted by atomic mass is 15.3. The second-order valence-electron chi connectivity index (χ2n) is 5.89. The Labute approximate surface area is 128 Å². The summed E-state index contributed by atoms with van der Waals surface area (Å²) in [6.07, 6.45) is 0.878. The summed E-state index contributed by atoms with van der Waals surface area (Å²) in [7, 11) is 0. The number of para-hydroxylation sites is 1. The number of anilines is 1. The molecule has 0 amide bonds. The zero-order valence-electron chi connectivity index (χ0n) is 13.2. The number of nitrogens with one attached hydrogen (secondary N) is 1. The van der Waals surface area contributed by atoms with Gasteiger partial charge in [-0.3, -0.25) is 10.2 Å². The molecule has 0 spiro atoms. The number of nitriles is 1. The van der Waals surface area contributed by atoms with E-state index in [2.05, 4.69) is 51.5 Å². The molecule has 1 N–H and O–H groups in total. The lowest BCUT2D eigenvalue weighted by molar-refractivity contribution is 0.233. The van der Waals surface area contributed by atoms with Gasteiger partial charge in [-0.15, -0.1) is 0 Å². The normalized spacial score (nSPS) is 19.0. The van der Waals surface area contributed by atoms with E-state index in [9.17, 15) is 5.26 Å². The summed E-state index contributed by atoms with van der Waals surface area (Å²) >= 11 is 0. The molecule has 1 fully saturated rings. The largest absolute Gasteiger partial charge is 0.369 e. The van der Waals surface area contributed by atoms with Gasteiger partial charge in [-0.2, -0.15) is 5.26 Å². The van der Waals surface area contributed by atoms with E-state index in [0.29, 0.717) is 0 Å². The van der Waals surface area contributed by atoms with E-state index in [1.165, 1.54) is 5.69 Å². The fourth-order valence-electron chi connectivity index (χ4n) is 2.82. The number of benzene rings is 1. The van der Waals surface area contributed by atoms with Crippen LogP contribution in [0.4, 0.5) is 5.69 Å². The second kappa shape index (κ2) is 7.44. The summed E-state index contributed by atoms with van der Waals surface area (Å²) in [4.78, 5) is 4.90. The van der Waals surface area contributed by atoms with Crippen molar-refractivity contribution < 1.29 is 0 Å². The van der Waals surface area contributed by atoms with Crippen LogP contribution in [0.3, 0.4) is 0 Å². The van der Waals surface area contributed by atoms with Gasteiger partial charge in [0.15, 0.2) is 0 Å². The molecule has 1 unspecified atom stereocenters. The minimum Gasteiger partial charge on any atom is -0.369 e. The zero-order chi connectivity index (χ0) is 15.1. The van der Waals surface area contributed by atoms with E-state index in [0.717, 1.165) is 45.7 Å². The molecule has 1 atom stereocenters.